The van der Waals surface area contributed by atoms with Crippen molar-refractivity contribution in [3.05, 3.63) is 24.2 Å². The Morgan fingerprint density at radius 3 is 2.45 bits per heavy atom. The minimum atomic E-state index is -1.43. The average molecular weight is 533 g/mol. The zero-order valence-corrected chi connectivity index (χ0v) is 22.0. The largest absolute Gasteiger partial charge is 0.472 e. The highest BCUT2D eigenvalue weighted by molar-refractivity contribution is 5.91. The van der Waals surface area contributed by atoms with Crippen molar-refractivity contribution in [1.29, 1.82) is 0 Å². The van der Waals surface area contributed by atoms with Crippen molar-refractivity contribution in [2.24, 2.45) is 33.5 Å². The van der Waals surface area contributed by atoms with Crippen LogP contribution >= 0.6 is 0 Å². The third-order valence-corrected chi connectivity index (χ3v) is 12.3. The Balaban J connectivity index is 1.41. The number of furan rings is 1. The third kappa shape index (κ3) is 2.36. The number of carbonyl (C=O) groups is 2. The number of aliphatic hydroxyl groups is 4. The van der Waals surface area contributed by atoms with Gasteiger partial charge in [-0.05, 0) is 30.4 Å². The maximum absolute atomic E-state index is 14.5. The molecule has 2 saturated heterocycles. The number of ketones is 1. The molecule has 0 amide bonds. The second-order valence-corrected chi connectivity index (χ2v) is 13.3. The number of esters is 1. The van der Waals surface area contributed by atoms with E-state index < -0.39 is 81.6 Å². The lowest BCUT2D eigenvalue weighted by Gasteiger charge is -2.72. The lowest BCUT2D eigenvalue weighted by molar-refractivity contribution is -0.373. The highest BCUT2D eigenvalue weighted by atomic mass is 16.6. The number of epoxide rings is 1. The quantitative estimate of drug-likeness (QED) is 0.318. The molecule has 2 aliphatic heterocycles. The van der Waals surface area contributed by atoms with Crippen LogP contribution in [0.5, 0.6) is 0 Å². The number of ether oxygens (including phenoxy) is 3. The first-order valence-electron chi connectivity index (χ1n) is 13.6. The summed E-state index contributed by atoms with van der Waals surface area (Å²) in [4.78, 5) is 26.5. The molecule has 10 nitrogen and oxygen atoms in total. The van der Waals surface area contributed by atoms with Crippen molar-refractivity contribution in [2.75, 3.05) is 6.61 Å². The van der Waals surface area contributed by atoms with Crippen molar-refractivity contribution in [2.45, 2.75) is 95.3 Å². The highest BCUT2D eigenvalue weighted by Crippen LogP contribution is 2.82. The lowest BCUT2D eigenvalue weighted by atomic mass is 9.33. The van der Waals surface area contributed by atoms with Crippen LogP contribution in [0.2, 0.25) is 0 Å². The van der Waals surface area contributed by atoms with Gasteiger partial charge in [0.2, 0.25) is 0 Å². The third-order valence-electron chi connectivity index (χ3n) is 12.3. The monoisotopic (exact) mass is 532 g/mol. The van der Waals surface area contributed by atoms with Crippen LogP contribution in [-0.4, -0.2) is 81.2 Å². The van der Waals surface area contributed by atoms with Gasteiger partial charge in [-0.15, -0.1) is 0 Å². The highest BCUT2D eigenvalue weighted by Gasteiger charge is 2.92. The van der Waals surface area contributed by atoms with E-state index in [9.17, 15) is 30.0 Å². The van der Waals surface area contributed by atoms with Gasteiger partial charge in [-0.3, -0.25) is 9.59 Å². The van der Waals surface area contributed by atoms with Crippen molar-refractivity contribution >= 4 is 11.8 Å². The summed E-state index contributed by atoms with van der Waals surface area (Å²) in [7, 11) is 0. The van der Waals surface area contributed by atoms with Crippen LogP contribution in [0.25, 0.3) is 0 Å². The number of rotatable bonds is 2. The van der Waals surface area contributed by atoms with E-state index in [4.69, 9.17) is 18.6 Å². The molecule has 208 valence electrons. The Labute approximate surface area is 220 Å². The Bertz CT molecular complexity index is 1200. The Kier molecular flexibility index (Phi) is 4.82. The number of fused-ring (bicyclic) bond motifs is 1. The summed E-state index contributed by atoms with van der Waals surface area (Å²) >= 11 is 0. The van der Waals surface area contributed by atoms with E-state index in [1.165, 1.54) is 6.92 Å². The van der Waals surface area contributed by atoms with E-state index in [0.717, 1.165) is 5.56 Å². The van der Waals surface area contributed by atoms with Crippen LogP contribution in [0, 0.1) is 33.5 Å². The van der Waals surface area contributed by atoms with Crippen molar-refractivity contribution < 1.29 is 48.6 Å². The molecule has 7 rings (SSSR count). The van der Waals surface area contributed by atoms with Crippen LogP contribution in [0.1, 0.15) is 58.4 Å². The van der Waals surface area contributed by atoms with Gasteiger partial charge in [0, 0.05) is 41.4 Å². The second-order valence-electron chi connectivity index (χ2n) is 13.3. The minimum absolute atomic E-state index is 0.00521. The van der Waals surface area contributed by atoms with E-state index in [1.807, 2.05) is 19.9 Å². The molecule has 6 fully saturated rings. The molecule has 2 bridgehead atoms. The predicted octanol–water partition coefficient (Wildman–Crippen LogP) is 0.895. The topological polar surface area (TPSA) is 159 Å². The van der Waals surface area contributed by atoms with Crippen molar-refractivity contribution in [1.82, 2.24) is 0 Å². The van der Waals surface area contributed by atoms with E-state index in [1.54, 1.807) is 19.5 Å². The molecular formula is C28H36O10. The molecule has 4 aliphatic carbocycles. The number of hydrogen-bond acceptors (Lipinski definition) is 10. The molecule has 14 atom stereocenters. The molecule has 1 aromatic heterocycles. The minimum Gasteiger partial charge on any atom is -0.472 e. The van der Waals surface area contributed by atoms with Crippen LogP contribution < -0.4 is 0 Å². The average Bonchev–Trinajstić information content (AvgIpc) is 3.22. The lowest BCUT2D eigenvalue weighted by Crippen LogP contribution is -2.82. The van der Waals surface area contributed by atoms with E-state index in [2.05, 4.69) is 0 Å². The summed E-state index contributed by atoms with van der Waals surface area (Å²) < 4.78 is 23.3. The summed E-state index contributed by atoms with van der Waals surface area (Å²) in [6.07, 6.45) is -2.21. The van der Waals surface area contributed by atoms with Gasteiger partial charge in [0.15, 0.2) is 12.1 Å². The first kappa shape index (κ1) is 25.2. The number of Topliss-reactive ketones (excluding diaryl/α,β-unsaturated/α-hetero) is 1. The molecule has 1 unspecified atom stereocenters. The van der Waals surface area contributed by atoms with Gasteiger partial charge >= 0.3 is 5.97 Å². The van der Waals surface area contributed by atoms with Gasteiger partial charge in [-0.25, -0.2) is 0 Å². The Hall–Kier alpha value is -1.82. The van der Waals surface area contributed by atoms with Gasteiger partial charge in [0.05, 0.1) is 42.9 Å². The number of hydrogen-bond donors (Lipinski definition) is 4. The van der Waals surface area contributed by atoms with Gasteiger partial charge in [-0.2, -0.15) is 0 Å². The van der Waals surface area contributed by atoms with Gasteiger partial charge in [-0.1, -0.05) is 20.8 Å². The van der Waals surface area contributed by atoms with Crippen LogP contribution in [0.4, 0.5) is 0 Å². The van der Waals surface area contributed by atoms with Gasteiger partial charge < -0.3 is 39.1 Å². The maximum Gasteiger partial charge on any atom is 0.302 e. The normalized spacial score (nSPS) is 58.3. The fourth-order valence-corrected chi connectivity index (χ4v) is 10.7. The number of aliphatic hydroxyl groups excluding tert-OH is 4. The molecule has 10 heteroatoms. The Morgan fingerprint density at radius 1 is 1.05 bits per heavy atom. The number of carbonyl (C=O) groups excluding carboxylic acids is 2. The Morgan fingerprint density at radius 2 is 1.79 bits per heavy atom. The molecule has 1 aromatic rings. The summed E-state index contributed by atoms with van der Waals surface area (Å²) in [5.74, 6) is -2.88. The summed E-state index contributed by atoms with van der Waals surface area (Å²) in [5.41, 5.74) is -4.74. The fraction of sp³-hybridized carbons (Fsp3) is 0.786. The maximum atomic E-state index is 14.5. The van der Waals surface area contributed by atoms with Crippen LogP contribution in [0.3, 0.4) is 0 Å². The first-order valence-corrected chi connectivity index (χ1v) is 13.6. The van der Waals surface area contributed by atoms with Gasteiger partial charge in [0.1, 0.15) is 17.8 Å². The first-order chi connectivity index (χ1) is 17.8. The molecule has 0 radical (unpaired) electrons. The summed E-state index contributed by atoms with van der Waals surface area (Å²) in [6, 6.07) is 1.84. The standard InChI is InChI=1S/C28H36O10/c1-12(29)37-18-9-17(31)27-11-36-23(34)24(18,2)15(27)8-16(30)26(4)21(27)20(32)22(33)25(3)14(13-5-6-35-10-13)7-19-28(25,26)38-19/h5-6,10,14-19,21-23,30-31,33-34H,7-9,11H2,1-4H3/t14-,15-,16+,17-,18+,19+,21-,22-,23?,24+,25+,26+,27+,28+/m0/s1. The van der Waals surface area contributed by atoms with E-state index in [0.29, 0.717) is 6.42 Å². The van der Waals surface area contributed by atoms with Gasteiger partial charge in [0.25, 0.3) is 0 Å². The SMILES string of the molecule is CC(=O)O[C@@H]1C[C@H](O)[C@@]23COC(O)[C@]1(C)[C@@H]2C[C@@H](O)[C@]1(C)[C@@H]3C(=O)[C@H](O)[C@@]2(C)[C@H](c3ccoc3)C[C@H]3O[C@]321. The molecule has 0 aromatic carbocycles. The summed E-state index contributed by atoms with van der Waals surface area (Å²) in [5, 5.41) is 46.8. The molecule has 1 spiro atoms. The zero-order valence-electron chi connectivity index (χ0n) is 22.0. The van der Waals surface area contributed by atoms with E-state index >= 15 is 0 Å². The zero-order chi connectivity index (χ0) is 27.2. The molecule has 3 heterocycles. The van der Waals surface area contributed by atoms with Crippen molar-refractivity contribution in [3.63, 3.8) is 0 Å². The summed E-state index contributed by atoms with van der Waals surface area (Å²) in [6.45, 7) is 6.61. The molecule has 4 saturated carbocycles. The molecule has 38 heavy (non-hydrogen) atoms. The fourth-order valence-electron chi connectivity index (χ4n) is 10.7. The van der Waals surface area contributed by atoms with Crippen molar-refractivity contribution in [3.8, 4) is 0 Å². The molecule has 6 aliphatic rings. The second kappa shape index (κ2) is 7.27. The predicted molar refractivity (Wildman–Crippen MR) is 127 cm³/mol. The van der Waals surface area contributed by atoms with Crippen LogP contribution in [0.15, 0.2) is 23.0 Å². The molecular weight excluding hydrogens is 496 g/mol. The van der Waals surface area contributed by atoms with Crippen LogP contribution in [-0.2, 0) is 23.8 Å². The van der Waals surface area contributed by atoms with E-state index in [-0.39, 0.29) is 31.5 Å². The smallest absolute Gasteiger partial charge is 0.302 e. The molecule has 4 N–H and O–H groups in total.